The number of carbonyl (C=O) groups is 1. The number of aryl methyl sites for hydroxylation is 1. The Morgan fingerprint density at radius 3 is 2.73 bits per heavy atom. The molecule has 4 heteroatoms. The van der Waals surface area contributed by atoms with E-state index in [2.05, 4.69) is 5.32 Å². The number of rotatable bonds is 3. The van der Waals surface area contributed by atoms with Crippen molar-refractivity contribution in [2.24, 2.45) is 0 Å². The molecule has 3 nitrogen and oxygen atoms in total. The van der Waals surface area contributed by atoms with Crippen molar-refractivity contribution in [3.8, 4) is 5.75 Å². The standard InChI is InChI=1S/C11H14FNO2/c1-7-4-9(6-13-8(2)14)11(15-3)5-10(7)12/h4-5H,6H2,1-3H3,(H,13,14). The van der Waals surface area contributed by atoms with Crippen molar-refractivity contribution in [1.82, 2.24) is 5.32 Å². The number of hydrogen-bond acceptors (Lipinski definition) is 2. The van der Waals surface area contributed by atoms with Crippen LogP contribution < -0.4 is 10.1 Å². The molecule has 0 aromatic heterocycles. The van der Waals surface area contributed by atoms with Crippen molar-refractivity contribution in [3.05, 3.63) is 29.1 Å². The summed E-state index contributed by atoms with van der Waals surface area (Å²) in [6.07, 6.45) is 0. The second kappa shape index (κ2) is 4.77. The maximum Gasteiger partial charge on any atom is 0.217 e. The lowest BCUT2D eigenvalue weighted by Gasteiger charge is -2.10. The highest BCUT2D eigenvalue weighted by Crippen LogP contribution is 2.22. The van der Waals surface area contributed by atoms with E-state index >= 15 is 0 Å². The molecule has 0 fully saturated rings. The third kappa shape index (κ3) is 2.94. The Labute approximate surface area is 88.2 Å². The van der Waals surface area contributed by atoms with Gasteiger partial charge in [-0.15, -0.1) is 0 Å². The summed E-state index contributed by atoms with van der Waals surface area (Å²) in [4.78, 5) is 10.7. The molecule has 1 N–H and O–H groups in total. The zero-order chi connectivity index (χ0) is 11.4. The molecule has 15 heavy (non-hydrogen) atoms. The first-order valence-electron chi connectivity index (χ1n) is 4.62. The largest absolute Gasteiger partial charge is 0.496 e. The van der Waals surface area contributed by atoms with Gasteiger partial charge in [0.25, 0.3) is 0 Å². The van der Waals surface area contributed by atoms with Gasteiger partial charge in [0, 0.05) is 25.1 Å². The van der Waals surface area contributed by atoms with Gasteiger partial charge in [-0.3, -0.25) is 4.79 Å². The van der Waals surface area contributed by atoms with Gasteiger partial charge >= 0.3 is 0 Å². The van der Waals surface area contributed by atoms with Crippen LogP contribution in [0.2, 0.25) is 0 Å². The van der Waals surface area contributed by atoms with Crippen LogP contribution in [0, 0.1) is 12.7 Å². The van der Waals surface area contributed by atoms with Crippen LogP contribution in [-0.4, -0.2) is 13.0 Å². The minimum Gasteiger partial charge on any atom is -0.496 e. The van der Waals surface area contributed by atoms with Crippen LogP contribution in [0.3, 0.4) is 0 Å². The first kappa shape index (κ1) is 11.5. The first-order valence-corrected chi connectivity index (χ1v) is 4.62. The number of benzene rings is 1. The summed E-state index contributed by atoms with van der Waals surface area (Å²) < 4.78 is 18.2. The molecule has 1 amide bonds. The highest BCUT2D eigenvalue weighted by Gasteiger charge is 2.07. The third-order valence-corrected chi connectivity index (χ3v) is 2.09. The van der Waals surface area contributed by atoms with E-state index in [1.807, 2.05) is 0 Å². The average Bonchev–Trinajstić information content (AvgIpc) is 2.19. The summed E-state index contributed by atoms with van der Waals surface area (Å²) in [5.41, 5.74) is 1.31. The molecule has 0 saturated heterocycles. The zero-order valence-electron chi connectivity index (χ0n) is 9.06. The van der Waals surface area contributed by atoms with Gasteiger partial charge in [-0.25, -0.2) is 4.39 Å². The molecule has 82 valence electrons. The normalized spacial score (nSPS) is 9.87. The summed E-state index contributed by atoms with van der Waals surface area (Å²) in [5.74, 6) is 0.0179. The van der Waals surface area contributed by atoms with Crippen molar-refractivity contribution in [2.75, 3.05) is 7.11 Å². The number of carbonyl (C=O) groups excluding carboxylic acids is 1. The summed E-state index contributed by atoms with van der Waals surface area (Å²) in [6, 6.07) is 3.00. The van der Waals surface area contributed by atoms with Crippen molar-refractivity contribution >= 4 is 5.91 Å². The molecular weight excluding hydrogens is 197 g/mol. The van der Waals surface area contributed by atoms with E-state index in [0.29, 0.717) is 17.9 Å². The molecule has 0 aliphatic heterocycles. The molecule has 0 heterocycles. The maximum atomic E-state index is 13.2. The van der Waals surface area contributed by atoms with E-state index in [9.17, 15) is 9.18 Å². The van der Waals surface area contributed by atoms with Gasteiger partial charge in [-0.1, -0.05) is 0 Å². The molecule has 0 atom stereocenters. The number of amides is 1. The second-order valence-corrected chi connectivity index (χ2v) is 3.32. The number of methoxy groups -OCH3 is 1. The minimum absolute atomic E-state index is 0.126. The fourth-order valence-corrected chi connectivity index (χ4v) is 1.27. The van der Waals surface area contributed by atoms with Crippen LogP contribution in [-0.2, 0) is 11.3 Å². The van der Waals surface area contributed by atoms with Gasteiger partial charge < -0.3 is 10.1 Å². The summed E-state index contributed by atoms with van der Waals surface area (Å²) in [5, 5.41) is 2.64. The Hall–Kier alpha value is -1.58. The van der Waals surface area contributed by atoms with Gasteiger partial charge in [-0.05, 0) is 18.6 Å². The summed E-state index contributed by atoms with van der Waals surface area (Å²) >= 11 is 0. The molecule has 0 bridgehead atoms. The van der Waals surface area contributed by atoms with Gasteiger partial charge in [0.15, 0.2) is 0 Å². The second-order valence-electron chi connectivity index (χ2n) is 3.32. The molecule has 0 unspecified atom stereocenters. The van der Waals surface area contributed by atoms with Gasteiger partial charge in [-0.2, -0.15) is 0 Å². The highest BCUT2D eigenvalue weighted by molar-refractivity contribution is 5.72. The fourth-order valence-electron chi connectivity index (χ4n) is 1.27. The quantitative estimate of drug-likeness (QED) is 0.827. The molecule has 0 saturated carbocycles. The predicted octanol–water partition coefficient (Wildman–Crippen LogP) is 1.78. The monoisotopic (exact) mass is 211 g/mol. The molecule has 0 aliphatic rings. The summed E-state index contributed by atoms with van der Waals surface area (Å²) in [6.45, 7) is 3.45. The van der Waals surface area contributed by atoms with E-state index in [1.165, 1.54) is 20.1 Å². The molecule has 0 radical (unpaired) electrons. The minimum atomic E-state index is -0.307. The van der Waals surface area contributed by atoms with Gasteiger partial charge in [0.1, 0.15) is 11.6 Å². The van der Waals surface area contributed by atoms with Crippen LogP contribution in [0.5, 0.6) is 5.75 Å². The van der Waals surface area contributed by atoms with E-state index in [0.717, 1.165) is 5.56 Å². The third-order valence-electron chi connectivity index (χ3n) is 2.09. The van der Waals surface area contributed by atoms with Crippen LogP contribution in [0.25, 0.3) is 0 Å². The SMILES string of the molecule is COc1cc(F)c(C)cc1CNC(C)=O. The van der Waals surface area contributed by atoms with Crippen LogP contribution in [0.15, 0.2) is 12.1 Å². The maximum absolute atomic E-state index is 13.2. The van der Waals surface area contributed by atoms with Crippen molar-refractivity contribution in [1.29, 1.82) is 0 Å². The lowest BCUT2D eigenvalue weighted by molar-refractivity contribution is -0.119. The summed E-state index contributed by atoms with van der Waals surface area (Å²) in [7, 11) is 1.47. The molecule has 1 aromatic rings. The predicted molar refractivity (Wildman–Crippen MR) is 55.2 cm³/mol. The Balaban J connectivity index is 2.94. The molecule has 0 aliphatic carbocycles. The van der Waals surface area contributed by atoms with Crippen LogP contribution >= 0.6 is 0 Å². The highest BCUT2D eigenvalue weighted by atomic mass is 19.1. The van der Waals surface area contributed by atoms with E-state index in [-0.39, 0.29) is 11.7 Å². The number of halogens is 1. The average molecular weight is 211 g/mol. The van der Waals surface area contributed by atoms with Gasteiger partial charge in [0.05, 0.1) is 7.11 Å². The first-order chi connectivity index (χ1) is 7.04. The Kier molecular flexibility index (Phi) is 3.66. The lowest BCUT2D eigenvalue weighted by atomic mass is 10.1. The molecule has 0 spiro atoms. The van der Waals surface area contributed by atoms with E-state index in [4.69, 9.17) is 4.74 Å². The zero-order valence-corrected chi connectivity index (χ0v) is 9.06. The topological polar surface area (TPSA) is 38.3 Å². The number of nitrogens with one attached hydrogen (secondary N) is 1. The van der Waals surface area contributed by atoms with Crippen LogP contribution in [0.4, 0.5) is 4.39 Å². The number of ether oxygens (including phenoxy) is 1. The van der Waals surface area contributed by atoms with Gasteiger partial charge in [0.2, 0.25) is 5.91 Å². The van der Waals surface area contributed by atoms with Crippen LogP contribution in [0.1, 0.15) is 18.1 Å². The van der Waals surface area contributed by atoms with Crippen molar-refractivity contribution in [2.45, 2.75) is 20.4 Å². The van der Waals surface area contributed by atoms with Crippen molar-refractivity contribution in [3.63, 3.8) is 0 Å². The molecule has 1 aromatic carbocycles. The molecule has 1 rings (SSSR count). The Bertz CT molecular complexity index is 377. The Morgan fingerprint density at radius 2 is 2.20 bits per heavy atom. The Morgan fingerprint density at radius 1 is 1.53 bits per heavy atom. The van der Waals surface area contributed by atoms with E-state index in [1.54, 1.807) is 13.0 Å². The van der Waals surface area contributed by atoms with E-state index < -0.39 is 0 Å². The number of hydrogen-bond donors (Lipinski definition) is 1. The molecular formula is C11H14FNO2. The van der Waals surface area contributed by atoms with Crippen molar-refractivity contribution < 1.29 is 13.9 Å². The fraction of sp³-hybridized carbons (Fsp3) is 0.364. The lowest BCUT2D eigenvalue weighted by Crippen LogP contribution is -2.19. The smallest absolute Gasteiger partial charge is 0.217 e.